The molecule has 3 aliphatic carbocycles. The predicted molar refractivity (Wildman–Crippen MR) is 154 cm³/mol. The Morgan fingerprint density at radius 3 is 2.64 bits per heavy atom. The highest BCUT2D eigenvalue weighted by Gasteiger charge is 2.41. The summed E-state index contributed by atoms with van der Waals surface area (Å²) in [7, 11) is 1.90. The van der Waals surface area contributed by atoms with Crippen molar-refractivity contribution in [3.8, 4) is 0 Å². The van der Waals surface area contributed by atoms with Gasteiger partial charge in [-0.1, -0.05) is 69.7 Å². The third-order valence-electron chi connectivity index (χ3n) is 9.96. The first-order valence-corrected chi connectivity index (χ1v) is 15.3. The smallest absolute Gasteiger partial charge is 0.0639 e. The van der Waals surface area contributed by atoms with Crippen molar-refractivity contribution in [3.05, 3.63) is 35.4 Å². The molecule has 4 rings (SSSR count). The molecule has 1 aliphatic heterocycles. The number of hydrogen-bond donors (Lipinski definition) is 1. The molecule has 1 N–H and O–H groups in total. The van der Waals surface area contributed by atoms with Crippen LogP contribution in [-0.4, -0.2) is 50.3 Å². The minimum Gasteiger partial charge on any atom is -0.381 e. The van der Waals surface area contributed by atoms with Gasteiger partial charge in [0.15, 0.2) is 0 Å². The molecule has 0 spiro atoms. The molecule has 1 saturated heterocycles. The average Bonchev–Trinajstić information content (AvgIpc) is 2.87. The fourth-order valence-electron chi connectivity index (χ4n) is 7.84. The molecule has 4 aliphatic rings. The van der Waals surface area contributed by atoms with Gasteiger partial charge in [0, 0.05) is 43.7 Å². The fourth-order valence-corrected chi connectivity index (χ4v) is 8.03. The van der Waals surface area contributed by atoms with Gasteiger partial charge in [0.1, 0.15) is 0 Å². The maximum atomic E-state index is 6.28. The van der Waals surface area contributed by atoms with Crippen molar-refractivity contribution in [2.24, 2.45) is 40.9 Å². The van der Waals surface area contributed by atoms with E-state index < -0.39 is 0 Å². The van der Waals surface area contributed by atoms with E-state index in [9.17, 15) is 0 Å². The van der Waals surface area contributed by atoms with E-state index in [1.807, 2.05) is 7.11 Å². The summed E-state index contributed by atoms with van der Waals surface area (Å²) >= 11 is 6.28. The third kappa shape index (κ3) is 7.28. The summed E-state index contributed by atoms with van der Waals surface area (Å²) in [5.41, 5.74) is 0.368. The van der Waals surface area contributed by atoms with Gasteiger partial charge >= 0.3 is 0 Å². The molecular formula is C32H53ClN2O. The zero-order chi connectivity index (χ0) is 25.7. The van der Waals surface area contributed by atoms with Gasteiger partial charge in [0.25, 0.3) is 0 Å². The van der Waals surface area contributed by atoms with E-state index >= 15 is 0 Å². The average molecular weight is 517 g/mol. The van der Waals surface area contributed by atoms with Crippen LogP contribution in [0.25, 0.3) is 0 Å². The zero-order valence-electron chi connectivity index (χ0n) is 23.7. The summed E-state index contributed by atoms with van der Waals surface area (Å²) in [5, 5.41) is 5.11. The molecule has 0 aromatic rings. The highest BCUT2D eigenvalue weighted by Crippen LogP contribution is 2.45. The Bertz CT molecular complexity index is 787. The van der Waals surface area contributed by atoms with Crippen LogP contribution in [0.1, 0.15) is 79.1 Å². The van der Waals surface area contributed by atoms with Crippen LogP contribution in [0.2, 0.25) is 0 Å². The largest absolute Gasteiger partial charge is 0.381 e. The minimum atomic E-state index is 0.368. The molecule has 36 heavy (non-hydrogen) atoms. The quantitative estimate of drug-likeness (QED) is 0.322. The van der Waals surface area contributed by atoms with Crippen LogP contribution in [0.5, 0.6) is 0 Å². The van der Waals surface area contributed by atoms with Gasteiger partial charge in [-0.15, -0.1) is 0 Å². The van der Waals surface area contributed by atoms with Gasteiger partial charge in [0.05, 0.1) is 6.10 Å². The Hall–Kier alpha value is -0.610. The van der Waals surface area contributed by atoms with Gasteiger partial charge in [-0.05, 0) is 92.9 Å². The molecule has 4 heteroatoms. The Balaban J connectivity index is 1.28. The first-order valence-electron chi connectivity index (χ1n) is 14.9. The summed E-state index contributed by atoms with van der Waals surface area (Å²) in [6.45, 7) is 14.5. The highest BCUT2D eigenvalue weighted by atomic mass is 35.5. The van der Waals surface area contributed by atoms with Gasteiger partial charge in [-0.2, -0.15) is 0 Å². The Morgan fingerprint density at radius 2 is 1.94 bits per heavy atom. The molecule has 1 fully saturated rings. The molecule has 0 radical (unpaired) electrons. The monoisotopic (exact) mass is 516 g/mol. The van der Waals surface area contributed by atoms with Gasteiger partial charge in [-0.3, -0.25) is 0 Å². The maximum Gasteiger partial charge on any atom is 0.0639 e. The van der Waals surface area contributed by atoms with Crippen LogP contribution in [0.4, 0.5) is 0 Å². The molecule has 0 saturated carbocycles. The highest BCUT2D eigenvalue weighted by molar-refractivity contribution is 6.29. The second-order valence-corrected chi connectivity index (χ2v) is 13.8. The van der Waals surface area contributed by atoms with Crippen LogP contribution in [0.15, 0.2) is 35.4 Å². The van der Waals surface area contributed by atoms with E-state index in [0.29, 0.717) is 41.2 Å². The van der Waals surface area contributed by atoms with Gasteiger partial charge in [-0.25, -0.2) is 0 Å². The minimum absolute atomic E-state index is 0.368. The number of hydrogen-bond acceptors (Lipinski definition) is 3. The van der Waals surface area contributed by atoms with E-state index in [2.05, 4.69) is 68.3 Å². The molecule has 7 atom stereocenters. The zero-order valence-corrected chi connectivity index (χ0v) is 24.5. The number of rotatable bonds is 9. The second-order valence-electron chi connectivity index (χ2n) is 13.3. The molecular weight excluding hydrogens is 464 g/mol. The van der Waals surface area contributed by atoms with E-state index in [4.69, 9.17) is 16.3 Å². The first kappa shape index (κ1) is 28.4. The number of allylic oxidation sites excluding steroid dienone is 4. The number of nitrogens with zero attached hydrogens (tertiary/aromatic N) is 1. The number of likely N-dealkylation sites (tertiary alicyclic amines) is 1. The van der Waals surface area contributed by atoms with Crippen LogP contribution < -0.4 is 5.32 Å². The number of methoxy groups -OCH3 is 1. The van der Waals surface area contributed by atoms with E-state index in [0.717, 1.165) is 29.8 Å². The summed E-state index contributed by atoms with van der Waals surface area (Å²) < 4.78 is 5.87. The molecule has 0 bridgehead atoms. The van der Waals surface area contributed by atoms with Crippen molar-refractivity contribution in [1.82, 2.24) is 10.2 Å². The normalized spacial score (nSPS) is 36.1. The van der Waals surface area contributed by atoms with Gasteiger partial charge < -0.3 is 15.0 Å². The fraction of sp³-hybridized carbons (Fsp3) is 0.812. The third-order valence-corrected chi connectivity index (χ3v) is 10.3. The predicted octanol–water partition coefficient (Wildman–Crippen LogP) is 7.44. The van der Waals surface area contributed by atoms with Crippen molar-refractivity contribution in [3.63, 3.8) is 0 Å². The summed E-state index contributed by atoms with van der Waals surface area (Å²) in [4.78, 5) is 2.76. The van der Waals surface area contributed by atoms with Crippen LogP contribution in [0, 0.1) is 40.9 Å². The molecule has 1 heterocycles. The topological polar surface area (TPSA) is 24.5 Å². The lowest BCUT2D eigenvalue weighted by molar-refractivity contribution is 0.0114. The number of piperidine rings is 1. The Kier molecular flexibility index (Phi) is 10.2. The van der Waals surface area contributed by atoms with Crippen molar-refractivity contribution in [2.45, 2.75) is 91.2 Å². The van der Waals surface area contributed by atoms with Gasteiger partial charge in [0.2, 0.25) is 0 Å². The van der Waals surface area contributed by atoms with Crippen molar-refractivity contribution in [1.29, 1.82) is 0 Å². The molecule has 0 aromatic heterocycles. The van der Waals surface area contributed by atoms with Crippen LogP contribution in [-0.2, 0) is 4.74 Å². The summed E-state index contributed by atoms with van der Waals surface area (Å²) in [6, 6.07) is 0.545. The molecule has 3 nitrogen and oxygen atoms in total. The number of ether oxygens (including phenoxy) is 1. The molecule has 204 valence electrons. The van der Waals surface area contributed by atoms with E-state index in [1.54, 1.807) is 0 Å². The number of halogens is 1. The summed E-state index contributed by atoms with van der Waals surface area (Å²) in [5.74, 6) is 4.19. The van der Waals surface area contributed by atoms with Crippen LogP contribution >= 0.6 is 11.6 Å². The van der Waals surface area contributed by atoms with Crippen LogP contribution in [0.3, 0.4) is 0 Å². The first-order chi connectivity index (χ1) is 17.3. The molecule has 0 aromatic carbocycles. The van der Waals surface area contributed by atoms with Crippen molar-refractivity contribution < 1.29 is 4.74 Å². The number of nitrogens with one attached hydrogen (secondary N) is 1. The summed E-state index contributed by atoms with van der Waals surface area (Å²) in [6.07, 6.45) is 22.1. The standard InChI is InChI=1S/C32H53ClN2O/c1-23(2)30(21-35-18-17-29(32(3,4)22-35)25-13-15-27(33)16-14-25)34-20-24-9-8-10-26(19-24)28-11-6-7-12-31(28)36-5/h6,8-9,11,15,23-26,28-31,34H,7,10,12-14,16-22H2,1-5H3/t24?,25?,26?,28?,29-,30+,31?/m1/s1. The molecule has 5 unspecified atom stereocenters. The maximum absolute atomic E-state index is 6.28. The van der Waals surface area contributed by atoms with E-state index in [-0.39, 0.29) is 0 Å². The lowest BCUT2D eigenvalue weighted by atomic mass is 9.65. The lowest BCUT2D eigenvalue weighted by Crippen LogP contribution is -2.53. The lowest BCUT2D eigenvalue weighted by Gasteiger charge is -2.49. The Morgan fingerprint density at radius 1 is 1.11 bits per heavy atom. The van der Waals surface area contributed by atoms with Crippen molar-refractivity contribution >= 4 is 11.6 Å². The van der Waals surface area contributed by atoms with Crippen molar-refractivity contribution in [2.75, 3.05) is 33.3 Å². The molecule has 0 amide bonds. The Labute approximate surface area is 227 Å². The SMILES string of the molecule is COC1CCC=CC1C1CC=CC(CN[C@@H](CN2CC[C@H](C3CC=C(Cl)CC3)C(C)(C)C2)C(C)C)C1. The van der Waals surface area contributed by atoms with E-state index in [1.165, 1.54) is 64.6 Å². The second kappa shape index (κ2) is 13.0.